The van der Waals surface area contributed by atoms with Crippen LogP contribution in [0.1, 0.15) is 72.1 Å². The van der Waals surface area contributed by atoms with Crippen molar-refractivity contribution in [3.8, 4) is 0 Å². The Bertz CT molecular complexity index is 313. The number of aliphatic hydroxyl groups excluding tert-OH is 1. The van der Waals surface area contributed by atoms with Crippen LogP contribution in [-0.4, -0.2) is 38.7 Å². The first-order valence-electron chi connectivity index (χ1n) is 8.19. The van der Waals surface area contributed by atoms with Crippen molar-refractivity contribution in [3.63, 3.8) is 0 Å². The highest BCUT2D eigenvalue weighted by molar-refractivity contribution is 5.85. The largest absolute Gasteiger partial charge is 0.478 e. The van der Waals surface area contributed by atoms with Crippen LogP contribution >= 0.6 is 0 Å². The predicted molar refractivity (Wildman–Crippen MR) is 95.7 cm³/mol. The average molecular weight is 346 g/mol. The summed E-state index contributed by atoms with van der Waals surface area (Å²) in [4.78, 5) is 19.2. The molecule has 0 aromatic carbocycles. The van der Waals surface area contributed by atoms with Gasteiger partial charge in [0.25, 0.3) is 0 Å². The zero-order valence-electron chi connectivity index (χ0n) is 15.3. The predicted octanol–water partition coefficient (Wildman–Crippen LogP) is 3.73. The molecule has 0 saturated carbocycles. The lowest BCUT2D eigenvalue weighted by molar-refractivity contribution is -0.133. The van der Waals surface area contributed by atoms with E-state index in [1.807, 2.05) is 0 Å². The summed E-state index contributed by atoms with van der Waals surface area (Å²) in [5.74, 6) is -1.87. The molecule has 0 bridgehead atoms. The van der Waals surface area contributed by atoms with Crippen molar-refractivity contribution in [3.05, 3.63) is 24.3 Å². The molecule has 4 N–H and O–H groups in total. The van der Waals surface area contributed by atoms with Gasteiger partial charge in [-0.25, -0.2) is 9.59 Å². The number of rotatable bonds is 10. The molecule has 24 heavy (non-hydrogen) atoms. The normalized spacial score (nSPS) is 9.25. The molecular formula is C18H34O6. The lowest BCUT2D eigenvalue weighted by atomic mass is 10.1. The Morgan fingerprint density at radius 3 is 1.33 bits per heavy atom. The summed E-state index contributed by atoms with van der Waals surface area (Å²) in [7, 11) is 0. The molecule has 0 aliphatic heterocycles. The van der Waals surface area contributed by atoms with Gasteiger partial charge in [0.2, 0.25) is 0 Å². The van der Waals surface area contributed by atoms with E-state index in [0.29, 0.717) is 6.42 Å². The molecule has 0 saturated heterocycles. The Labute approximate surface area is 145 Å². The van der Waals surface area contributed by atoms with E-state index in [9.17, 15) is 9.59 Å². The van der Waals surface area contributed by atoms with Crippen LogP contribution in [0.15, 0.2) is 24.3 Å². The van der Waals surface area contributed by atoms with Crippen molar-refractivity contribution in [2.24, 2.45) is 0 Å². The highest BCUT2D eigenvalue weighted by Crippen LogP contribution is 2.08. The number of carboxylic acid groups (broad SMARTS) is 2. The van der Waals surface area contributed by atoms with Crippen LogP contribution in [0, 0.1) is 0 Å². The molecule has 0 amide bonds. The van der Waals surface area contributed by atoms with E-state index in [1.54, 1.807) is 0 Å². The minimum absolute atomic E-state index is 0.176. The third-order valence-corrected chi connectivity index (χ3v) is 2.80. The van der Waals surface area contributed by atoms with Crippen LogP contribution in [0.4, 0.5) is 0 Å². The van der Waals surface area contributed by atoms with Gasteiger partial charge in [0.1, 0.15) is 0 Å². The third kappa shape index (κ3) is 32.3. The lowest BCUT2D eigenvalue weighted by Crippen LogP contribution is -2.02. The zero-order chi connectivity index (χ0) is 19.5. The van der Waals surface area contributed by atoms with Gasteiger partial charge in [0, 0.05) is 11.1 Å². The minimum Gasteiger partial charge on any atom is -0.478 e. The fraction of sp³-hybridized carbons (Fsp3) is 0.667. The van der Waals surface area contributed by atoms with Crippen molar-refractivity contribution in [1.29, 1.82) is 0 Å². The molecule has 6 nitrogen and oxygen atoms in total. The molecule has 0 spiro atoms. The molecule has 0 radical (unpaired) electrons. The molecule has 0 aliphatic carbocycles. The molecule has 0 fully saturated rings. The topological polar surface area (TPSA) is 115 Å². The maximum atomic E-state index is 9.60. The van der Waals surface area contributed by atoms with E-state index in [2.05, 4.69) is 20.1 Å². The van der Waals surface area contributed by atoms with Crippen molar-refractivity contribution in [2.75, 3.05) is 0 Å². The second kappa shape index (κ2) is 19.4. The number of hydrogen-bond acceptors (Lipinski definition) is 4. The molecule has 0 rings (SSSR count). The molecule has 0 atom stereocenters. The molecule has 0 heterocycles. The van der Waals surface area contributed by atoms with E-state index >= 15 is 0 Å². The minimum atomic E-state index is -1.10. The van der Waals surface area contributed by atoms with Crippen LogP contribution in [0.25, 0.3) is 0 Å². The first-order valence-corrected chi connectivity index (χ1v) is 8.19. The van der Waals surface area contributed by atoms with E-state index in [1.165, 1.54) is 46.0 Å². The van der Waals surface area contributed by atoms with E-state index in [4.69, 9.17) is 20.4 Å². The van der Waals surface area contributed by atoms with Gasteiger partial charge in [-0.05, 0) is 26.7 Å². The van der Waals surface area contributed by atoms with E-state index in [-0.39, 0.29) is 11.1 Å². The highest BCUT2D eigenvalue weighted by atomic mass is 16.5. The smallest absolute Gasteiger partial charge is 0.330 e. The van der Waals surface area contributed by atoms with Gasteiger partial charge < -0.3 is 20.4 Å². The average Bonchev–Trinajstić information content (AvgIpc) is 2.47. The summed E-state index contributed by atoms with van der Waals surface area (Å²) in [5.41, 5.74) is 0.352. The summed E-state index contributed by atoms with van der Waals surface area (Å²) in [6.45, 7) is 11.4. The number of unbranched alkanes of at least 4 members (excludes halogenated alkanes) is 6. The second-order valence-corrected chi connectivity index (χ2v) is 5.56. The Hall–Kier alpha value is -1.66. The summed E-state index contributed by atoms with van der Waals surface area (Å²) in [5, 5.41) is 32.9. The Morgan fingerprint density at radius 1 is 0.792 bits per heavy atom. The lowest BCUT2D eigenvalue weighted by Gasteiger charge is -2.02. The number of hydrogen-bond donors (Lipinski definition) is 4. The van der Waals surface area contributed by atoms with E-state index in [0.717, 1.165) is 12.8 Å². The fourth-order valence-corrected chi connectivity index (χ4v) is 1.28. The van der Waals surface area contributed by atoms with Crippen LogP contribution in [0.2, 0.25) is 0 Å². The Balaban J connectivity index is -0.000000309. The number of carbonyl (C=O) groups is 2. The number of carboxylic acids is 2. The molecule has 0 aliphatic rings. The first-order chi connectivity index (χ1) is 11.1. The number of aliphatic hydroxyl groups is 2. The highest BCUT2D eigenvalue weighted by Gasteiger charge is 1.96. The van der Waals surface area contributed by atoms with E-state index < -0.39 is 18.2 Å². The van der Waals surface area contributed by atoms with Gasteiger partial charge in [0.05, 0.1) is 0 Å². The molecule has 142 valence electrons. The van der Waals surface area contributed by atoms with Gasteiger partial charge in [-0.2, -0.15) is 0 Å². The molecule has 6 heteroatoms. The summed E-state index contributed by atoms with van der Waals surface area (Å²) < 4.78 is 0. The van der Waals surface area contributed by atoms with Crippen molar-refractivity contribution in [1.82, 2.24) is 0 Å². The summed E-state index contributed by atoms with van der Waals surface area (Å²) in [6, 6.07) is 0. The SMILES string of the molecule is C=C(C)C(=O)O.C=C(C)C(=O)O.CCCCCCCCCC(O)O. The number of aliphatic carboxylic acids is 2. The quantitative estimate of drug-likeness (QED) is 0.272. The maximum Gasteiger partial charge on any atom is 0.330 e. The van der Waals surface area contributed by atoms with Gasteiger partial charge in [0.15, 0.2) is 6.29 Å². The molecule has 0 aromatic rings. The van der Waals surface area contributed by atoms with Gasteiger partial charge in [-0.3, -0.25) is 0 Å². The van der Waals surface area contributed by atoms with Gasteiger partial charge >= 0.3 is 11.9 Å². The van der Waals surface area contributed by atoms with Crippen LogP contribution in [-0.2, 0) is 9.59 Å². The van der Waals surface area contributed by atoms with Crippen molar-refractivity contribution >= 4 is 11.9 Å². The molecule has 0 unspecified atom stereocenters. The zero-order valence-corrected chi connectivity index (χ0v) is 15.3. The van der Waals surface area contributed by atoms with Crippen molar-refractivity contribution < 1.29 is 30.0 Å². The standard InChI is InChI=1S/C10H22O2.2C4H6O2/c1-2-3-4-5-6-7-8-9-10(11)12;2*1-3(2)4(5)6/h10-12H,2-9H2,1H3;2*1H2,2H3,(H,5,6). The van der Waals surface area contributed by atoms with Crippen LogP contribution in [0.3, 0.4) is 0 Å². The van der Waals surface area contributed by atoms with Gasteiger partial charge in [-0.15, -0.1) is 0 Å². The molecular weight excluding hydrogens is 312 g/mol. The summed E-state index contributed by atoms with van der Waals surface area (Å²) in [6.07, 6.45) is 8.03. The maximum absolute atomic E-state index is 9.60. The van der Waals surface area contributed by atoms with Crippen molar-refractivity contribution in [2.45, 2.75) is 78.4 Å². The third-order valence-electron chi connectivity index (χ3n) is 2.80. The Morgan fingerprint density at radius 2 is 1.08 bits per heavy atom. The van der Waals surface area contributed by atoms with Crippen LogP contribution < -0.4 is 0 Å². The monoisotopic (exact) mass is 346 g/mol. The fourth-order valence-electron chi connectivity index (χ4n) is 1.28. The Kier molecular flexibility index (Phi) is 22.0. The summed E-state index contributed by atoms with van der Waals surface area (Å²) >= 11 is 0. The van der Waals surface area contributed by atoms with Crippen LogP contribution in [0.5, 0.6) is 0 Å². The van der Waals surface area contributed by atoms with Gasteiger partial charge in [-0.1, -0.05) is 58.6 Å². The first kappa shape index (κ1) is 27.2. The molecule has 0 aromatic heterocycles. The second-order valence-electron chi connectivity index (χ2n) is 5.56.